The zero-order valence-corrected chi connectivity index (χ0v) is 13.6. The number of nitrogens with zero attached hydrogens (tertiary/aromatic N) is 2. The van der Waals surface area contributed by atoms with Crippen molar-refractivity contribution in [2.45, 2.75) is 12.7 Å². The van der Waals surface area contributed by atoms with E-state index >= 15 is 0 Å². The summed E-state index contributed by atoms with van der Waals surface area (Å²) in [6.45, 7) is 0.394. The van der Waals surface area contributed by atoms with Crippen molar-refractivity contribution in [3.63, 3.8) is 0 Å². The third-order valence-electron chi connectivity index (χ3n) is 3.58. The Labute approximate surface area is 147 Å². The summed E-state index contributed by atoms with van der Waals surface area (Å²) in [4.78, 5) is 7.83. The second-order valence-electron chi connectivity index (χ2n) is 5.34. The first kappa shape index (κ1) is 17.2. The van der Waals surface area contributed by atoms with E-state index in [9.17, 15) is 13.2 Å². The van der Waals surface area contributed by atoms with Crippen LogP contribution in [0.2, 0.25) is 5.02 Å². The van der Waals surface area contributed by atoms with Crippen molar-refractivity contribution >= 4 is 17.4 Å². The highest BCUT2D eigenvalue weighted by atomic mass is 35.5. The van der Waals surface area contributed by atoms with Crippen molar-refractivity contribution in [1.82, 2.24) is 9.97 Å². The van der Waals surface area contributed by atoms with Crippen molar-refractivity contribution in [3.05, 3.63) is 77.2 Å². The molecule has 3 nitrogen and oxygen atoms in total. The Morgan fingerprint density at radius 3 is 2.36 bits per heavy atom. The summed E-state index contributed by atoms with van der Waals surface area (Å²) in [6, 6.07) is 12.4. The Morgan fingerprint density at radius 1 is 1.00 bits per heavy atom. The van der Waals surface area contributed by atoms with E-state index in [0.717, 1.165) is 29.0 Å². The number of hydrogen-bond acceptors (Lipinski definition) is 3. The Bertz CT molecular complexity index is 850. The molecule has 0 fully saturated rings. The maximum atomic E-state index is 12.6. The predicted molar refractivity (Wildman–Crippen MR) is 91.2 cm³/mol. The van der Waals surface area contributed by atoms with Crippen LogP contribution in [0.4, 0.5) is 19.0 Å². The Morgan fingerprint density at radius 2 is 1.76 bits per heavy atom. The van der Waals surface area contributed by atoms with Gasteiger partial charge in [0.15, 0.2) is 0 Å². The van der Waals surface area contributed by atoms with Gasteiger partial charge in [-0.15, -0.1) is 0 Å². The van der Waals surface area contributed by atoms with E-state index in [4.69, 9.17) is 11.6 Å². The number of hydrogen-bond donors (Lipinski definition) is 1. The fourth-order valence-corrected chi connectivity index (χ4v) is 2.49. The first-order valence-corrected chi connectivity index (χ1v) is 7.77. The number of nitrogens with one attached hydrogen (secondary N) is 1. The summed E-state index contributed by atoms with van der Waals surface area (Å²) in [5.74, 6) is 0.214. The average Bonchev–Trinajstić information content (AvgIpc) is 2.61. The third kappa shape index (κ3) is 4.28. The fraction of sp³-hybridized carbons (Fsp3) is 0.111. The molecule has 0 spiro atoms. The zero-order chi connectivity index (χ0) is 17.9. The molecular formula is C18H13ClF3N3. The predicted octanol–water partition coefficient (Wildman–Crippen LogP) is 5.43. The monoisotopic (exact) mass is 363 g/mol. The molecule has 3 aromatic rings. The normalized spacial score (nSPS) is 11.4. The molecule has 0 amide bonds. The maximum Gasteiger partial charge on any atom is 0.417 e. The second kappa shape index (κ2) is 7.11. The summed E-state index contributed by atoms with van der Waals surface area (Å²) in [6.07, 6.45) is -0.210. The highest BCUT2D eigenvalue weighted by Crippen LogP contribution is 2.32. The highest BCUT2D eigenvalue weighted by molar-refractivity contribution is 6.32. The molecule has 0 aliphatic carbocycles. The number of rotatable bonds is 4. The van der Waals surface area contributed by atoms with Crippen LogP contribution in [0.25, 0.3) is 11.1 Å². The molecule has 128 valence electrons. The molecule has 0 bridgehead atoms. The minimum Gasteiger partial charge on any atom is -0.365 e. The Hall–Kier alpha value is -2.60. The molecule has 0 atom stereocenters. The third-order valence-corrected chi connectivity index (χ3v) is 3.87. The van der Waals surface area contributed by atoms with Crippen LogP contribution in [0, 0.1) is 0 Å². The zero-order valence-electron chi connectivity index (χ0n) is 12.9. The van der Waals surface area contributed by atoms with Crippen molar-refractivity contribution in [2.24, 2.45) is 0 Å². The topological polar surface area (TPSA) is 37.8 Å². The van der Waals surface area contributed by atoms with Gasteiger partial charge < -0.3 is 5.32 Å². The van der Waals surface area contributed by atoms with Gasteiger partial charge in [-0.05, 0) is 28.8 Å². The molecule has 0 aliphatic rings. The van der Waals surface area contributed by atoms with E-state index in [-0.39, 0.29) is 10.8 Å². The van der Waals surface area contributed by atoms with Gasteiger partial charge in [-0.25, -0.2) is 4.98 Å². The molecule has 3 rings (SSSR count). The minimum atomic E-state index is -4.46. The molecule has 0 aliphatic heterocycles. The van der Waals surface area contributed by atoms with Gasteiger partial charge in [-0.2, -0.15) is 13.2 Å². The number of alkyl halides is 3. The van der Waals surface area contributed by atoms with Crippen LogP contribution in [0.1, 0.15) is 11.1 Å². The van der Waals surface area contributed by atoms with Crippen molar-refractivity contribution in [2.75, 3.05) is 5.32 Å². The van der Waals surface area contributed by atoms with Crippen LogP contribution in [-0.4, -0.2) is 9.97 Å². The van der Waals surface area contributed by atoms with Gasteiger partial charge in [0.1, 0.15) is 5.82 Å². The first-order chi connectivity index (χ1) is 11.9. The number of anilines is 1. The van der Waals surface area contributed by atoms with E-state index in [2.05, 4.69) is 15.3 Å². The van der Waals surface area contributed by atoms with Crippen LogP contribution in [0.3, 0.4) is 0 Å². The summed E-state index contributed by atoms with van der Waals surface area (Å²) >= 11 is 5.87. The first-order valence-electron chi connectivity index (χ1n) is 7.39. The number of benzene rings is 1. The molecular weight excluding hydrogens is 351 g/mol. The lowest BCUT2D eigenvalue weighted by atomic mass is 10.1. The molecule has 2 aromatic heterocycles. The molecule has 0 saturated carbocycles. The summed E-state index contributed by atoms with van der Waals surface area (Å²) < 4.78 is 37.8. The summed E-state index contributed by atoms with van der Waals surface area (Å²) in [5.41, 5.74) is 2.12. The molecule has 25 heavy (non-hydrogen) atoms. The van der Waals surface area contributed by atoms with Crippen LogP contribution >= 0.6 is 11.6 Å². The molecule has 1 N–H and O–H groups in total. The van der Waals surface area contributed by atoms with Gasteiger partial charge >= 0.3 is 6.18 Å². The van der Waals surface area contributed by atoms with Crippen LogP contribution in [0.15, 0.2) is 61.1 Å². The SMILES string of the molecule is FC(F)(F)c1cnc(NCc2ccc(-c3cccnc3)cc2)c(Cl)c1. The van der Waals surface area contributed by atoms with Gasteiger partial charge in [-0.3, -0.25) is 4.98 Å². The van der Waals surface area contributed by atoms with Crippen LogP contribution < -0.4 is 5.32 Å². The summed E-state index contributed by atoms with van der Waals surface area (Å²) in [5, 5.41) is 2.88. The fourth-order valence-electron chi connectivity index (χ4n) is 2.26. The molecule has 0 saturated heterocycles. The molecule has 0 unspecified atom stereocenters. The number of halogens is 4. The van der Waals surface area contributed by atoms with Crippen LogP contribution in [-0.2, 0) is 12.7 Å². The minimum absolute atomic E-state index is 0.0678. The van der Waals surface area contributed by atoms with E-state index in [1.807, 2.05) is 36.4 Å². The quantitative estimate of drug-likeness (QED) is 0.671. The highest BCUT2D eigenvalue weighted by Gasteiger charge is 2.31. The van der Waals surface area contributed by atoms with Gasteiger partial charge in [0.05, 0.1) is 10.6 Å². The largest absolute Gasteiger partial charge is 0.417 e. The molecule has 0 radical (unpaired) electrons. The van der Waals surface area contributed by atoms with Gasteiger partial charge in [0, 0.05) is 25.1 Å². The lowest BCUT2D eigenvalue weighted by Gasteiger charge is -2.11. The Balaban J connectivity index is 1.68. The van der Waals surface area contributed by atoms with Gasteiger partial charge in [0.25, 0.3) is 0 Å². The molecule has 7 heteroatoms. The second-order valence-corrected chi connectivity index (χ2v) is 5.75. The van der Waals surface area contributed by atoms with E-state index in [0.29, 0.717) is 6.54 Å². The summed E-state index contributed by atoms with van der Waals surface area (Å²) in [7, 11) is 0. The van der Waals surface area contributed by atoms with E-state index < -0.39 is 11.7 Å². The Kier molecular flexibility index (Phi) is 4.90. The van der Waals surface area contributed by atoms with Crippen molar-refractivity contribution < 1.29 is 13.2 Å². The standard InChI is InChI=1S/C18H13ClF3N3/c19-16-8-15(18(20,21)22)11-25-17(16)24-9-12-3-5-13(6-4-12)14-2-1-7-23-10-14/h1-8,10-11H,9H2,(H,24,25). The lowest BCUT2D eigenvalue weighted by Crippen LogP contribution is -2.08. The lowest BCUT2D eigenvalue weighted by molar-refractivity contribution is -0.137. The number of pyridine rings is 2. The van der Waals surface area contributed by atoms with E-state index in [1.54, 1.807) is 12.4 Å². The smallest absolute Gasteiger partial charge is 0.365 e. The van der Waals surface area contributed by atoms with Gasteiger partial charge in [0.2, 0.25) is 0 Å². The molecule has 2 heterocycles. The number of aromatic nitrogens is 2. The van der Waals surface area contributed by atoms with Crippen molar-refractivity contribution in [1.29, 1.82) is 0 Å². The van der Waals surface area contributed by atoms with Gasteiger partial charge in [-0.1, -0.05) is 41.9 Å². The average molecular weight is 364 g/mol. The van der Waals surface area contributed by atoms with Crippen molar-refractivity contribution in [3.8, 4) is 11.1 Å². The maximum absolute atomic E-state index is 12.6. The van der Waals surface area contributed by atoms with Crippen LogP contribution in [0.5, 0.6) is 0 Å². The molecule has 1 aromatic carbocycles. The van der Waals surface area contributed by atoms with E-state index in [1.165, 1.54) is 0 Å².